The summed E-state index contributed by atoms with van der Waals surface area (Å²) in [6.07, 6.45) is 0.192. The van der Waals surface area contributed by atoms with Crippen molar-refractivity contribution in [3.05, 3.63) is 23.4 Å². The molecular formula is C17H22FN3O3. The number of halogens is 1. The number of hydrogen-bond donors (Lipinski definition) is 1. The monoisotopic (exact) mass is 335 g/mol. The molecule has 0 radical (unpaired) electrons. The van der Waals surface area contributed by atoms with E-state index in [2.05, 4.69) is 23.7 Å². The lowest BCUT2D eigenvalue weighted by Gasteiger charge is -2.39. The Kier molecular flexibility index (Phi) is 4.07. The molecular weight excluding hydrogens is 313 g/mol. The Bertz CT molecular complexity index is 694. The highest BCUT2D eigenvalue weighted by Crippen LogP contribution is 2.41. The van der Waals surface area contributed by atoms with E-state index < -0.39 is 17.5 Å². The van der Waals surface area contributed by atoms with Gasteiger partial charge in [0.25, 0.3) is 5.91 Å². The van der Waals surface area contributed by atoms with Crippen LogP contribution in [0.25, 0.3) is 0 Å². The summed E-state index contributed by atoms with van der Waals surface area (Å²) in [5, 5.41) is 9.08. The lowest BCUT2D eigenvalue weighted by molar-refractivity contribution is -0.132. The van der Waals surface area contributed by atoms with Gasteiger partial charge in [-0.2, -0.15) is 0 Å². The standard InChI is InChI=1S/C17H22FN3O3/c1-10(2)20-7-6-17(18)12(8-20)9-21(16(17)24)14-5-4-13(15(22)23)11(3)19-14/h4-5,10,12H,6-9H2,1-3H3,(H,22,23)/t12-,17+/m0/s1. The second kappa shape index (κ2) is 5.81. The third-order valence-corrected chi connectivity index (χ3v) is 5.18. The number of likely N-dealkylation sites (tertiary alicyclic amines) is 1. The molecule has 2 atom stereocenters. The summed E-state index contributed by atoms with van der Waals surface area (Å²) >= 11 is 0. The van der Waals surface area contributed by atoms with Gasteiger partial charge < -0.3 is 10.0 Å². The molecule has 1 N–H and O–H groups in total. The van der Waals surface area contributed by atoms with Crippen LogP contribution in [0, 0.1) is 12.8 Å². The number of aromatic carboxylic acids is 1. The molecule has 1 aromatic heterocycles. The van der Waals surface area contributed by atoms with Crippen LogP contribution in [-0.4, -0.2) is 58.2 Å². The van der Waals surface area contributed by atoms with Crippen molar-refractivity contribution < 1.29 is 19.1 Å². The van der Waals surface area contributed by atoms with E-state index in [1.165, 1.54) is 17.0 Å². The largest absolute Gasteiger partial charge is 0.478 e. The molecule has 0 saturated carbocycles. The number of pyridine rings is 1. The van der Waals surface area contributed by atoms with Crippen LogP contribution in [0.1, 0.15) is 36.3 Å². The number of aromatic nitrogens is 1. The van der Waals surface area contributed by atoms with E-state index in [1.54, 1.807) is 6.92 Å². The van der Waals surface area contributed by atoms with Gasteiger partial charge in [0.15, 0.2) is 5.67 Å². The maximum atomic E-state index is 15.3. The molecule has 2 saturated heterocycles. The number of amides is 1. The van der Waals surface area contributed by atoms with Crippen molar-refractivity contribution >= 4 is 17.7 Å². The summed E-state index contributed by atoms with van der Waals surface area (Å²) in [4.78, 5) is 31.5. The minimum absolute atomic E-state index is 0.0868. The van der Waals surface area contributed by atoms with Crippen LogP contribution >= 0.6 is 0 Å². The number of fused-ring (bicyclic) bond motifs is 1. The summed E-state index contributed by atoms with van der Waals surface area (Å²) in [7, 11) is 0. The normalized spacial score (nSPS) is 27.6. The zero-order chi connectivity index (χ0) is 17.6. The van der Waals surface area contributed by atoms with Crippen molar-refractivity contribution in [2.45, 2.75) is 38.9 Å². The summed E-state index contributed by atoms with van der Waals surface area (Å²) < 4.78 is 15.3. The first-order chi connectivity index (χ1) is 11.2. The number of carbonyl (C=O) groups excluding carboxylic acids is 1. The first-order valence-electron chi connectivity index (χ1n) is 8.20. The van der Waals surface area contributed by atoms with Crippen molar-refractivity contribution in [3.63, 3.8) is 0 Å². The molecule has 6 nitrogen and oxygen atoms in total. The van der Waals surface area contributed by atoms with Crippen LogP contribution in [0.3, 0.4) is 0 Å². The molecule has 1 amide bonds. The van der Waals surface area contributed by atoms with Gasteiger partial charge in [0, 0.05) is 38.0 Å². The van der Waals surface area contributed by atoms with Gasteiger partial charge in [-0.3, -0.25) is 9.69 Å². The van der Waals surface area contributed by atoms with Crippen molar-refractivity contribution in [2.75, 3.05) is 24.5 Å². The Morgan fingerprint density at radius 1 is 1.42 bits per heavy atom. The molecule has 24 heavy (non-hydrogen) atoms. The molecule has 0 aromatic carbocycles. The molecule has 2 aliphatic rings. The first-order valence-corrected chi connectivity index (χ1v) is 8.20. The maximum absolute atomic E-state index is 15.3. The summed E-state index contributed by atoms with van der Waals surface area (Å²) in [6, 6.07) is 3.21. The van der Waals surface area contributed by atoms with Crippen molar-refractivity contribution in [3.8, 4) is 0 Å². The molecule has 130 valence electrons. The predicted molar refractivity (Wildman–Crippen MR) is 86.9 cm³/mol. The molecule has 0 aliphatic carbocycles. The SMILES string of the molecule is Cc1nc(N2C[C@@H]3CN(C(C)C)CC[C@]3(F)C2=O)ccc1C(=O)O. The van der Waals surface area contributed by atoms with Gasteiger partial charge in [0.1, 0.15) is 5.82 Å². The fourth-order valence-electron chi connectivity index (χ4n) is 3.63. The molecule has 1 aromatic rings. The molecule has 7 heteroatoms. The van der Waals surface area contributed by atoms with Crippen molar-refractivity contribution in [2.24, 2.45) is 5.92 Å². The number of nitrogens with zero attached hydrogens (tertiary/aromatic N) is 3. The van der Waals surface area contributed by atoms with Gasteiger partial charge >= 0.3 is 5.97 Å². The van der Waals surface area contributed by atoms with E-state index in [1.807, 2.05) is 0 Å². The number of carbonyl (C=O) groups is 2. The maximum Gasteiger partial charge on any atom is 0.337 e. The van der Waals surface area contributed by atoms with Gasteiger partial charge in [-0.05, 0) is 32.9 Å². The average Bonchev–Trinajstić information content (AvgIpc) is 2.78. The first kappa shape index (κ1) is 16.8. The molecule has 0 unspecified atom stereocenters. The van der Waals surface area contributed by atoms with Crippen LogP contribution < -0.4 is 4.90 Å². The number of carboxylic acid groups (broad SMARTS) is 1. The highest BCUT2D eigenvalue weighted by Gasteiger charge is 2.57. The third kappa shape index (κ3) is 2.56. The van der Waals surface area contributed by atoms with Crippen molar-refractivity contribution in [1.82, 2.24) is 9.88 Å². The van der Waals surface area contributed by atoms with Gasteiger partial charge in [-0.25, -0.2) is 14.2 Å². The van der Waals surface area contributed by atoms with Crippen LogP contribution in [0.2, 0.25) is 0 Å². The van der Waals surface area contributed by atoms with E-state index in [4.69, 9.17) is 5.11 Å². The summed E-state index contributed by atoms with van der Waals surface area (Å²) in [6.45, 7) is 7.09. The fraction of sp³-hybridized carbons (Fsp3) is 0.588. The second-order valence-corrected chi connectivity index (χ2v) is 6.92. The third-order valence-electron chi connectivity index (χ3n) is 5.18. The van der Waals surface area contributed by atoms with E-state index in [9.17, 15) is 9.59 Å². The van der Waals surface area contributed by atoms with Crippen molar-refractivity contribution in [1.29, 1.82) is 0 Å². The average molecular weight is 335 g/mol. The molecule has 2 fully saturated rings. The Morgan fingerprint density at radius 2 is 2.12 bits per heavy atom. The smallest absolute Gasteiger partial charge is 0.337 e. The molecule has 0 bridgehead atoms. The zero-order valence-corrected chi connectivity index (χ0v) is 14.1. The number of alkyl halides is 1. The lowest BCUT2D eigenvalue weighted by atomic mass is 9.84. The number of aryl methyl sites for hydroxylation is 1. The highest BCUT2D eigenvalue weighted by atomic mass is 19.1. The molecule has 3 rings (SSSR count). The van der Waals surface area contributed by atoms with Gasteiger partial charge in [-0.15, -0.1) is 0 Å². The Morgan fingerprint density at radius 3 is 2.71 bits per heavy atom. The number of hydrogen-bond acceptors (Lipinski definition) is 4. The topological polar surface area (TPSA) is 73.7 Å². The Balaban J connectivity index is 1.88. The summed E-state index contributed by atoms with van der Waals surface area (Å²) in [5.41, 5.74) is -1.44. The van der Waals surface area contributed by atoms with E-state index in [0.717, 1.165) is 0 Å². The van der Waals surface area contributed by atoms with Crippen LogP contribution in [0.15, 0.2) is 12.1 Å². The fourth-order valence-corrected chi connectivity index (χ4v) is 3.63. The van der Waals surface area contributed by atoms with Gasteiger partial charge in [-0.1, -0.05) is 0 Å². The van der Waals surface area contributed by atoms with Gasteiger partial charge in [0.2, 0.25) is 0 Å². The quantitative estimate of drug-likeness (QED) is 0.913. The van der Waals surface area contributed by atoms with E-state index >= 15 is 4.39 Å². The van der Waals surface area contributed by atoms with E-state index in [0.29, 0.717) is 30.6 Å². The van der Waals surface area contributed by atoms with Crippen LogP contribution in [-0.2, 0) is 4.79 Å². The number of anilines is 1. The zero-order valence-electron chi connectivity index (χ0n) is 14.1. The number of piperidine rings is 1. The van der Waals surface area contributed by atoms with Crippen LogP contribution in [0.5, 0.6) is 0 Å². The molecule has 0 spiro atoms. The molecule has 3 heterocycles. The predicted octanol–water partition coefficient (Wildman–Crippen LogP) is 1.87. The minimum atomic E-state index is -1.84. The number of carboxylic acids is 1. The Hall–Kier alpha value is -2.02. The molecule has 2 aliphatic heterocycles. The number of rotatable bonds is 3. The Labute approximate surface area is 140 Å². The highest BCUT2D eigenvalue weighted by molar-refractivity contribution is 6.02. The second-order valence-electron chi connectivity index (χ2n) is 6.92. The van der Waals surface area contributed by atoms with Crippen LogP contribution in [0.4, 0.5) is 10.2 Å². The minimum Gasteiger partial charge on any atom is -0.478 e. The van der Waals surface area contributed by atoms with E-state index in [-0.39, 0.29) is 24.4 Å². The van der Waals surface area contributed by atoms with Gasteiger partial charge in [0.05, 0.1) is 11.3 Å². The lowest BCUT2D eigenvalue weighted by Crippen LogP contribution is -2.52. The summed E-state index contributed by atoms with van der Waals surface area (Å²) in [5.74, 6) is -1.68.